The molecule has 1 N–H and O–H groups in total. The highest BCUT2D eigenvalue weighted by atomic mass is 16.5. The van der Waals surface area contributed by atoms with Crippen molar-refractivity contribution in [1.82, 2.24) is 9.63 Å². The van der Waals surface area contributed by atoms with Gasteiger partial charge in [0.1, 0.15) is 0 Å². The summed E-state index contributed by atoms with van der Waals surface area (Å²) in [6.07, 6.45) is 0. The molecule has 5 heteroatoms. The van der Waals surface area contributed by atoms with Gasteiger partial charge in [0.2, 0.25) is 0 Å². The maximum atomic E-state index is 12.9. The van der Waals surface area contributed by atoms with E-state index < -0.39 is 11.8 Å². The van der Waals surface area contributed by atoms with Crippen LogP contribution in [0.1, 0.15) is 20.7 Å². The molecule has 1 aliphatic heterocycles. The SMILES string of the molecule is Cn1c2ccccc2c2c3c(c4c5ccccc5ccc4c21)C(=O)N(O)C3=O. The first-order valence-electron chi connectivity index (χ1n) is 9.02. The highest BCUT2D eigenvalue weighted by Crippen LogP contribution is 2.44. The van der Waals surface area contributed by atoms with Crippen molar-refractivity contribution in [2.24, 2.45) is 7.05 Å². The summed E-state index contributed by atoms with van der Waals surface area (Å²) < 4.78 is 2.06. The van der Waals surface area contributed by atoms with Gasteiger partial charge < -0.3 is 4.57 Å². The second kappa shape index (κ2) is 4.97. The van der Waals surface area contributed by atoms with Crippen LogP contribution in [0.3, 0.4) is 0 Å². The topological polar surface area (TPSA) is 62.5 Å². The molecule has 0 fully saturated rings. The first kappa shape index (κ1) is 15.4. The number of aryl methyl sites for hydroxylation is 1. The third-order valence-electron chi connectivity index (χ3n) is 5.85. The molecule has 0 bridgehead atoms. The number of carbonyl (C=O) groups is 2. The van der Waals surface area contributed by atoms with Crippen LogP contribution in [-0.2, 0) is 7.05 Å². The summed E-state index contributed by atoms with van der Waals surface area (Å²) in [5.74, 6) is -1.34. The van der Waals surface area contributed by atoms with Crippen molar-refractivity contribution in [2.45, 2.75) is 0 Å². The van der Waals surface area contributed by atoms with Gasteiger partial charge in [-0.2, -0.15) is 0 Å². The van der Waals surface area contributed by atoms with Crippen LogP contribution in [0.2, 0.25) is 0 Å². The van der Waals surface area contributed by atoms with E-state index in [2.05, 4.69) is 4.57 Å². The van der Waals surface area contributed by atoms with Crippen LogP contribution in [0.15, 0.2) is 60.7 Å². The molecule has 5 aromatic rings. The third-order valence-corrected chi connectivity index (χ3v) is 5.85. The minimum absolute atomic E-state index is 0.243. The highest BCUT2D eigenvalue weighted by molar-refractivity contribution is 6.38. The number of hydrogen-bond donors (Lipinski definition) is 1. The van der Waals surface area contributed by atoms with Crippen LogP contribution in [0.4, 0.5) is 0 Å². The van der Waals surface area contributed by atoms with Crippen molar-refractivity contribution in [3.8, 4) is 0 Å². The van der Waals surface area contributed by atoms with Crippen molar-refractivity contribution in [2.75, 3.05) is 0 Å². The Kier molecular flexibility index (Phi) is 2.73. The van der Waals surface area contributed by atoms with Crippen LogP contribution in [-0.4, -0.2) is 26.7 Å². The molecule has 0 aliphatic carbocycles. The van der Waals surface area contributed by atoms with Gasteiger partial charge in [-0.15, -0.1) is 5.06 Å². The van der Waals surface area contributed by atoms with E-state index in [1.54, 1.807) is 0 Å². The average Bonchev–Trinajstić information content (AvgIpc) is 3.15. The standard InChI is InChI=1S/C23H14N2O3/c1-24-16-9-5-4-8-14(16)18-20-19(22(26)25(28)23(20)27)17-13-7-3-2-6-12(13)10-11-15(17)21(18)24/h2-11,28H,1H3. The minimum atomic E-state index is -0.670. The molecule has 28 heavy (non-hydrogen) atoms. The van der Waals surface area contributed by atoms with Crippen molar-refractivity contribution >= 4 is 55.2 Å². The molecule has 2 amide bonds. The van der Waals surface area contributed by atoms with E-state index >= 15 is 0 Å². The zero-order chi connectivity index (χ0) is 19.2. The maximum absolute atomic E-state index is 12.9. The van der Waals surface area contributed by atoms with Gasteiger partial charge in [-0.25, -0.2) is 0 Å². The van der Waals surface area contributed by atoms with E-state index in [1.807, 2.05) is 67.7 Å². The molecule has 6 rings (SSSR count). The van der Waals surface area contributed by atoms with Crippen LogP contribution in [0.25, 0.3) is 43.4 Å². The number of carbonyl (C=O) groups excluding carboxylic acids is 2. The fraction of sp³-hybridized carbons (Fsp3) is 0.0435. The number of imide groups is 1. The summed E-state index contributed by atoms with van der Waals surface area (Å²) in [6.45, 7) is 0. The second-order valence-electron chi connectivity index (χ2n) is 7.18. The molecule has 0 saturated heterocycles. The molecule has 2 heterocycles. The van der Waals surface area contributed by atoms with Gasteiger partial charge in [0.15, 0.2) is 0 Å². The van der Waals surface area contributed by atoms with Crippen LogP contribution >= 0.6 is 0 Å². The lowest BCUT2D eigenvalue weighted by Gasteiger charge is -2.11. The minimum Gasteiger partial charge on any atom is -0.343 e. The molecule has 1 aromatic heterocycles. The molecule has 0 spiro atoms. The Hall–Kier alpha value is -3.70. The Morgan fingerprint density at radius 1 is 0.714 bits per heavy atom. The number of nitrogens with zero attached hydrogens (tertiary/aromatic N) is 2. The van der Waals surface area contributed by atoms with Gasteiger partial charge in [-0.1, -0.05) is 54.6 Å². The number of aromatic nitrogens is 1. The van der Waals surface area contributed by atoms with Crippen molar-refractivity contribution in [1.29, 1.82) is 0 Å². The summed E-state index contributed by atoms with van der Waals surface area (Å²) in [6, 6.07) is 19.6. The largest absolute Gasteiger partial charge is 0.343 e. The number of hydroxylamine groups is 2. The summed E-state index contributed by atoms with van der Waals surface area (Å²) in [4.78, 5) is 25.8. The first-order chi connectivity index (χ1) is 13.6. The molecular weight excluding hydrogens is 352 g/mol. The van der Waals surface area contributed by atoms with E-state index in [4.69, 9.17) is 0 Å². The number of rotatable bonds is 0. The fourth-order valence-corrected chi connectivity index (χ4v) is 4.68. The molecule has 4 aromatic carbocycles. The Balaban J connectivity index is 2.05. The monoisotopic (exact) mass is 366 g/mol. The van der Waals surface area contributed by atoms with Crippen molar-refractivity contribution < 1.29 is 14.8 Å². The molecule has 5 nitrogen and oxygen atoms in total. The van der Waals surface area contributed by atoms with E-state index in [1.165, 1.54) is 0 Å². The smallest absolute Gasteiger partial charge is 0.286 e. The van der Waals surface area contributed by atoms with Crippen molar-refractivity contribution in [3.63, 3.8) is 0 Å². The van der Waals surface area contributed by atoms with Gasteiger partial charge in [-0.05, 0) is 16.8 Å². The maximum Gasteiger partial charge on any atom is 0.286 e. The zero-order valence-electron chi connectivity index (χ0n) is 14.9. The van der Waals surface area contributed by atoms with E-state index in [0.29, 0.717) is 10.8 Å². The quantitative estimate of drug-likeness (QED) is 0.247. The molecule has 0 radical (unpaired) electrons. The third kappa shape index (κ3) is 1.61. The van der Waals surface area contributed by atoms with Crippen molar-refractivity contribution in [3.05, 3.63) is 71.8 Å². The van der Waals surface area contributed by atoms with Gasteiger partial charge in [-0.3, -0.25) is 14.8 Å². The fourth-order valence-electron chi connectivity index (χ4n) is 4.68. The summed E-state index contributed by atoms with van der Waals surface area (Å²) >= 11 is 0. The number of hydrogen-bond acceptors (Lipinski definition) is 3. The van der Waals surface area contributed by atoms with Crippen LogP contribution < -0.4 is 0 Å². The lowest BCUT2D eigenvalue weighted by molar-refractivity contribution is -0.0325. The lowest BCUT2D eigenvalue weighted by atomic mass is 9.91. The predicted molar refractivity (Wildman–Crippen MR) is 108 cm³/mol. The van der Waals surface area contributed by atoms with Crippen LogP contribution in [0.5, 0.6) is 0 Å². The molecule has 1 aliphatic rings. The number of fused-ring (bicyclic) bond motifs is 10. The Bertz CT molecular complexity index is 1530. The predicted octanol–water partition coefficient (Wildman–Crippen LogP) is 4.62. The average molecular weight is 366 g/mol. The normalized spacial score (nSPS) is 14.1. The molecule has 0 saturated carbocycles. The molecule has 0 atom stereocenters. The van der Waals surface area contributed by atoms with E-state index in [0.717, 1.165) is 32.6 Å². The number of para-hydroxylation sites is 1. The Labute approximate surface area is 158 Å². The number of amides is 2. The van der Waals surface area contributed by atoms with Gasteiger partial charge >= 0.3 is 0 Å². The first-order valence-corrected chi connectivity index (χ1v) is 9.02. The highest BCUT2D eigenvalue weighted by Gasteiger charge is 2.40. The van der Waals surface area contributed by atoms with Gasteiger partial charge in [0.05, 0.1) is 16.6 Å². The second-order valence-corrected chi connectivity index (χ2v) is 7.18. The molecule has 134 valence electrons. The van der Waals surface area contributed by atoms with Crippen LogP contribution in [0, 0.1) is 0 Å². The molecule has 0 unspecified atom stereocenters. The Morgan fingerprint density at radius 2 is 1.36 bits per heavy atom. The van der Waals surface area contributed by atoms with Gasteiger partial charge in [0.25, 0.3) is 11.8 Å². The summed E-state index contributed by atoms with van der Waals surface area (Å²) in [5, 5.41) is 15.5. The lowest BCUT2D eigenvalue weighted by Crippen LogP contribution is -2.25. The summed E-state index contributed by atoms with van der Waals surface area (Å²) in [7, 11) is 1.96. The zero-order valence-corrected chi connectivity index (χ0v) is 14.9. The molecular formula is C23H14N2O3. The number of benzene rings is 4. The summed E-state index contributed by atoms with van der Waals surface area (Å²) in [5.41, 5.74) is 2.42. The van der Waals surface area contributed by atoms with E-state index in [9.17, 15) is 14.8 Å². The van der Waals surface area contributed by atoms with E-state index in [-0.39, 0.29) is 16.2 Å². The Morgan fingerprint density at radius 3 is 2.14 bits per heavy atom. The van der Waals surface area contributed by atoms with Gasteiger partial charge in [0, 0.05) is 34.1 Å².